The molecule has 0 saturated carbocycles. The van der Waals surface area contributed by atoms with Crippen LogP contribution in [0.25, 0.3) is 0 Å². The normalized spacial score (nSPS) is 19.6. The number of nitrogens with one attached hydrogen (secondary N) is 2. The third kappa shape index (κ3) is 8.27. The highest BCUT2D eigenvalue weighted by Crippen LogP contribution is 2.37. The predicted octanol–water partition coefficient (Wildman–Crippen LogP) is 3.41. The van der Waals surface area contributed by atoms with Gasteiger partial charge in [-0.05, 0) is 90.6 Å². The molecule has 4 rings (SSSR count). The van der Waals surface area contributed by atoms with E-state index in [9.17, 15) is 4.79 Å². The molecule has 4 heterocycles. The SMILES string of the molecule is CC.CC1(C)OB(c2ccnc(NC=O)c2)OC1(C)C.COCCNc1cc(B2OC(C)(C)C(C)(C)O2)ccn1. The topological polar surface area (TPSA) is 113 Å². The molecule has 12 heteroatoms. The highest BCUT2D eigenvalue weighted by molar-refractivity contribution is 6.62. The van der Waals surface area contributed by atoms with Crippen LogP contribution in [0.15, 0.2) is 36.7 Å². The second kappa shape index (κ2) is 13.9. The number of hydrogen-bond donors (Lipinski definition) is 2. The molecule has 0 atom stereocenters. The van der Waals surface area contributed by atoms with E-state index in [-0.39, 0.29) is 29.5 Å². The summed E-state index contributed by atoms with van der Waals surface area (Å²) in [5.74, 6) is 1.28. The summed E-state index contributed by atoms with van der Waals surface area (Å²) in [4.78, 5) is 18.7. The van der Waals surface area contributed by atoms with Gasteiger partial charge in [-0.25, -0.2) is 9.97 Å². The average Bonchev–Trinajstić information content (AvgIpc) is 3.26. The number of amides is 1. The van der Waals surface area contributed by atoms with Crippen molar-refractivity contribution in [1.82, 2.24) is 9.97 Å². The molecule has 40 heavy (non-hydrogen) atoms. The molecule has 0 aliphatic carbocycles. The summed E-state index contributed by atoms with van der Waals surface area (Å²) in [6.45, 7) is 21.5. The second-order valence-electron chi connectivity index (χ2n) is 11.3. The summed E-state index contributed by atoms with van der Waals surface area (Å²) in [5, 5.41) is 5.71. The van der Waals surface area contributed by atoms with E-state index in [0.717, 1.165) is 23.3 Å². The highest BCUT2D eigenvalue weighted by Gasteiger charge is 2.52. The van der Waals surface area contributed by atoms with Crippen LogP contribution < -0.4 is 21.6 Å². The largest absolute Gasteiger partial charge is 0.495 e. The molecule has 2 aromatic heterocycles. The van der Waals surface area contributed by atoms with E-state index < -0.39 is 7.12 Å². The van der Waals surface area contributed by atoms with Gasteiger partial charge in [-0.3, -0.25) is 4.79 Å². The van der Waals surface area contributed by atoms with E-state index in [1.54, 1.807) is 25.6 Å². The molecule has 0 radical (unpaired) electrons. The summed E-state index contributed by atoms with van der Waals surface area (Å²) in [6.07, 6.45) is 3.97. The van der Waals surface area contributed by atoms with E-state index in [2.05, 4.69) is 20.6 Å². The molecule has 2 aliphatic rings. The van der Waals surface area contributed by atoms with E-state index in [4.69, 9.17) is 23.4 Å². The van der Waals surface area contributed by atoms with Gasteiger partial charge >= 0.3 is 14.2 Å². The van der Waals surface area contributed by atoms with Gasteiger partial charge in [0, 0.05) is 26.0 Å². The lowest BCUT2D eigenvalue weighted by Crippen LogP contribution is -2.41. The first-order valence-corrected chi connectivity index (χ1v) is 13.8. The third-order valence-corrected chi connectivity index (χ3v) is 7.44. The number of nitrogens with zero attached hydrogens (tertiary/aromatic N) is 2. The van der Waals surface area contributed by atoms with Gasteiger partial charge < -0.3 is 34.0 Å². The van der Waals surface area contributed by atoms with Gasteiger partial charge in [0.2, 0.25) is 6.41 Å². The summed E-state index contributed by atoms with van der Waals surface area (Å²) < 4.78 is 28.9. The smallest absolute Gasteiger partial charge is 0.399 e. The van der Waals surface area contributed by atoms with Crippen LogP contribution in [-0.4, -0.2) is 73.3 Å². The van der Waals surface area contributed by atoms with Gasteiger partial charge in [-0.1, -0.05) is 13.8 Å². The fourth-order valence-corrected chi connectivity index (χ4v) is 3.66. The summed E-state index contributed by atoms with van der Waals surface area (Å²) in [6, 6.07) is 7.44. The Labute approximate surface area is 240 Å². The maximum absolute atomic E-state index is 10.4. The maximum atomic E-state index is 10.4. The van der Waals surface area contributed by atoms with Crippen LogP contribution in [0.5, 0.6) is 0 Å². The van der Waals surface area contributed by atoms with Crippen LogP contribution in [0.4, 0.5) is 11.6 Å². The Bertz CT molecular complexity index is 1070. The lowest BCUT2D eigenvalue weighted by Gasteiger charge is -2.32. The van der Waals surface area contributed by atoms with Crippen LogP contribution in [0.2, 0.25) is 0 Å². The molecular weight excluding hydrogens is 510 g/mol. The first-order valence-electron chi connectivity index (χ1n) is 13.8. The fourth-order valence-electron chi connectivity index (χ4n) is 3.66. The van der Waals surface area contributed by atoms with E-state index in [1.807, 2.05) is 87.4 Å². The summed E-state index contributed by atoms with van der Waals surface area (Å²) in [7, 11) is 0.881. The molecule has 2 fully saturated rings. The third-order valence-electron chi connectivity index (χ3n) is 7.44. The van der Waals surface area contributed by atoms with Crippen molar-refractivity contribution in [3.8, 4) is 0 Å². The first-order chi connectivity index (χ1) is 18.7. The first kappa shape index (κ1) is 33.7. The number of carbonyl (C=O) groups excluding carboxylic acids is 1. The van der Waals surface area contributed by atoms with Crippen molar-refractivity contribution in [3.05, 3.63) is 36.7 Å². The van der Waals surface area contributed by atoms with Crippen LogP contribution in [0.1, 0.15) is 69.2 Å². The van der Waals surface area contributed by atoms with Gasteiger partial charge in [0.25, 0.3) is 0 Å². The Hall–Kier alpha value is -2.50. The number of rotatable bonds is 8. The minimum absolute atomic E-state index is 0.329. The van der Waals surface area contributed by atoms with Gasteiger partial charge in [0.1, 0.15) is 11.6 Å². The highest BCUT2D eigenvalue weighted by atomic mass is 16.7. The van der Waals surface area contributed by atoms with Gasteiger partial charge in [-0.15, -0.1) is 0 Å². The van der Waals surface area contributed by atoms with Crippen LogP contribution in [0.3, 0.4) is 0 Å². The van der Waals surface area contributed by atoms with Crippen LogP contribution in [-0.2, 0) is 28.1 Å². The second-order valence-corrected chi connectivity index (χ2v) is 11.3. The number of pyridine rings is 2. The van der Waals surface area contributed by atoms with Gasteiger partial charge in [0.15, 0.2) is 0 Å². The molecule has 10 nitrogen and oxygen atoms in total. The van der Waals surface area contributed by atoms with E-state index in [1.165, 1.54) is 0 Å². The number of carbonyl (C=O) groups is 1. The Balaban J connectivity index is 0.000000265. The molecule has 2 N–H and O–H groups in total. The van der Waals surface area contributed by atoms with Crippen molar-refractivity contribution < 1.29 is 28.1 Å². The minimum atomic E-state index is -0.440. The number of anilines is 2. The van der Waals surface area contributed by atoms with Gasteiger partial charge in [-0.2, -0.15) is 0 Å². The van der Waals surface area contributed by atoms with Crippen molar-refractivity contribution in [2.45, 2.75) is 91.6 Å². The average molecular weight is 556 g/mol. The molecule has 2 aromatic rings. The Kier molecular flexibility index (Phi) is 11.7. The number of aromatic nitrogens is 2. The van der Waals surface area contributed by atoms with E-state index in [0.29, 0.717) is 18.8 Å². The van der Waals surface area contributed by atoms with Crippen molar-refractivity contribution in [2.24, 2.45) is 0 Å². The fraction of sp³-hybridized carbons (Fsp3) is 0.607. The molecule has 220 valence electrons. The molecular formula is C28H46B2N4O6. The molecule has 0 aromatic carbocycles. The Morgan fingerprint density at radius 1 is 0.775 bits per heavy atom. The van der Waals surface area contributed by atoms with Crippen molar-refractivity contribution >= 4 is 43.2 Å². The Morgan fingerprint density at radius 2 is 1.18 bits per heavy atom. The lowest BCUT2D eigenvalue weighted by atomic mass is 9.80. The van der Waals surface area contributed by atoms with Crippen molar-refractivity contribution in [3.63, 3.8) is 0 Å². The summed E-state index contributed by atoms with van der Waals surface area (Å²) in [5.41, 5.74) is 0.402. The van der Waals surface area contributed by atoms with Crippen molar-refractivity contribution in [2.75, 3.05) is 30.9 Å². The standard InChI is InChI=1S/C14H23BN2O3.C12H17BN2O3.C2H6/c1-13(2)14(3,4)20-15(19-13)11-6-7-16-12(10-11)17-8-9-18-5;1-11(2)12(3,4)18-13(17-11)9-5-6-14-10(7-9)15-8-16;1-2/h6-7,10H,8-9H2,1-5H3,(H,16,17);5-8H,1-4H3,(H,14,15,16);1-2H3. The number of ether oxygens (including phenoxy) is 1. The van der Waals surface area contributed by atoms with Gasteiger partial charge in [0.05, 0.1) is 29.0 Å². The molecule has 0 bridgehead atoms. The lowest BCUT2D eigenvalue weighted by molar-refractivity contribution is -0.105. The molecule has 0 spiro atoms. The molecule has 2 aliphatic heterocycles. The quantitative estimate of drug-likeness (QED) is 0.287. The zero-order chi connectivity index (χ0) is 30.2. The molecule has 2 saturated heterocycles. The van der Waals surface area contributed by atoms with Crippen molar-refractivity contribution in [1.29, 1.82) is 0 Å². The minimum Gasteiger partial charge on any atom is -0.399 e. The Morgan fingerprint density at radius 3 is 1.57 bits per heavy atom. The monoisotopic (exact) mass is 556 g/mol. The maximum Gasteiger partial charge on any atom is 0.495 e. The summed E-state index contributed by atoms with van der Waals surface area (Å²) >= 11 is 0. The molecule has 0 unspecified atom stereocenters. The van der Waals surface area contributed by atoms with E-state index >= 15 is 0 Å². The number of methoxy groups -OCH3 is 1. The zero-order valence-electron chi connectivity index (χ0n) is 26.0. The van der Waals surface area contributed by atoms with Crippen LogP contribution in [0, 0.1) is 0 Å². The molecule has 1 amide bonds. The number of hydrogen-bond acceptors (Lipinski definition) is 9. The zero-order valence-corrected chi connectivity index (χ0v) is 26.0. The van der Waals surface area contributed by atoms with Crippen LogP contribution >= 0.6 is 0 Å². The predicted molar refractivity (Wildman–Crippen MR) is 161 cm³/mol.